The van der Waals surface area contributed by atoms with Crippen LogP contribution >= 0.6 is 0 Å². The van der Waals surface area contributed by atoms with Crippen LogP contribution in [0.15, 0.2) is 18.2 Å². The van der Waals surface area contributed by atoms with Crippen LogP contribution in [0.5, 0.6) is 11.5 Å². The summed E-state index contributed by atoms with van der Waals surface area (Å²) in [5.41, 5.74) is -1.03. The van der Waals surface area contributed by atoms with Crippen LogP contribution in [0.1, 0.15) is 30.6 Å². The van der Waals surface area contributed by atoms with E-state index in [2.05, 4.69) is 5.32 Å². The Morgan fingerprint density at radius 1 is 1.20 bits per heavy atom. The SMILES string of the molecule is CCC(C)(NC(=O)c1cc(OC)cc(OC)c1)C(=O)O. The Bertz CT molecular complexity index is 492. The number of carbonyl (C=O) groups is 2. The second kappa shape index (κ2) is 6.27. The van der Waals surface area contributed by atoms with Gasteiger partial charge in [0, 0.05) is 11.6 Å². The van der Waals surface area contributed by atoms with Gasteiger partial charge in [0.1, 0.15) is 17.0 Å². The summed E-state index contributed by atoms with van der Waals surface area (Å²) in [5, 5.41) is 11.7. The molecular formula is C14H19NO5. The first kappa shape index (κ1) is 15.8. The number of ether oxygens (including phenoxy) is 2. The number of rotatable bonds is 6. The molecule has 2 N–H and O–H groups in total. The van der Waals surface area contributed by atoms with Gasteiger partial charge in [-0.05, 0) is 25.5 Å². The minimum Gasteiger partial charge on any atom is -0.497 e. The summed E-state index contributed by atoms with van der Waals surface area (Å²) in [6.07, 6.45) is 0.273. The van der Waals surface area contributed by atoms with Crippen molar-refractivity contribution in [3.05, 3.63) is 23.8 Å². The number of amides is 1. The molecule has 1 unspecified atom stereocenters. The smallest absolute Gasteiger partial charge is 0.329 e. The third-order valence-corrected chi connectivity index (χ3v) is 3.18. The fourth-order valence-corrected chi connectivity index (χ4v) is 1.55. The Balaban J connectivity index is 3.06. The molecule has 6 heteroatoms. The average molecular weight is 281 g/mol. The number of hydrogen-bond acceptors (Lipinski definition) is 4. The summed E-state index contributed by atoms with van der Waals surface area (Å²) in [6.45, 7) is 3.16. The van der Waals surface area contributed by atoms with E-state index in [0.29, 0.717) is 11.5 Å². The Labute approximate surface area is 117 Å². The predicted molar refractivity (Wildman–Crippen MR) is 73.3 cm³/mol. The molecule has 6 nitrogen and oxygen atoms in total. The number of benzene rings is 1. The first-order valence-electron chi connectivity index (χ1n) is 6.15. The van der Waals surface area contributed by atoms with Gasteiger partial charge in [-0.3, -0.25) is 4.79 Å². The van der Waals surface area contributed by atoms with Gasteiger partial charge in [-0.15, -0.1) is 0 Å². The molecule has 0 aliphatic rings. The fraction of sp³-hybridized carbons (Fsp3) is 0.429. The van der Waals surface area contributed by atoms with Gasteiger partial charge in [-0.2, -0.15) is 0 Å². The molecule has 0 aromatic heterocycles. The Morgan fingerprint density at radius 3 is 2.05 bits per heavy atom. The number of carbonyl (C=O) groups excluding carboxylic acids is 1. The Kier molecular flexibility index (Phi) is 4.96. The molecule has 0 spiro atoms. The maximum Gasteiger partial charge on any atom is 0.329 e. The van der Waals surface area contributed by atoms with Gasteiger partial charge in [0.05, 0.1) is 14.2 Å². The molecule has 1 amide bonds. The summed E-state index contributed by atoms with van der Waals surface area (Å²) >= 11 is 0. The highest BCUT2D eigenvalue weighted by molar-refractivity contribution is 5.98. The highest BCUT2D eigenvalue weighted by atomic mass is 16.5. The molecule has 1 rings (SSSR count). The van der Waals surface area contributed by atoms with Crippen molar-refractivity contribution < 1.29 is 24.2 Å². The van der Waals surface area contributed by atoms with E-state index in [-0.39, 0.29) is 12.0 Å². The number of carboxylic acid groups (broad SMARTS) is 1. The summed E-state index contributed by atoms with van der Waals surface area (Å²) < 4.78 is 10.2. The lowest BCUT2D eigenvalue weighted by molar-refractivity contribution is -0.143. The normalized spacial score (nSPS) is 13.2. The van der Waals surface area contributed by atoms with Gasteiger partial charge in [-0.1, -0.05) is 6.92 Å². The minimum absolute atomic E-state index is 0.273. The van der Waals surface area contributed by atoms with Gasteiger partial charge in [0.2, 0.25) is 0 Å². The highest BCUT2D eigenvalue weighted by Crippen LogP contribution is 2.23. The second-order valence-electron chi connectivity index (χ2n) is 4.55. The van der Waals surface area contributed by atoms with Gasteiger partial charge in [0.25, 0.3) is 5.91 Å². The van der Waals surface area contributed by atoms with Crippen LogP contribution in [0.3, 0.4) is 0 Å². The minimum atomic E-state index is -1.31. The van der Waals surface area contributed by atoms with E-state index in [0.717, 1.165) is 0 Å². The average Bonchev–Trinajstić information content (AvgIpc) is 2.45. The predicted octanol–water partition coefficient (Wildman–Crippen LogP) is 1.69. The van der Waals surface area contributed by atoms with Crippen molar-refractivity contribution in [2.45, 2.75) is 25.8 Å². The van der Waals surface area contributed by atoms with Crippen molar-refractivity contribution in [1.82, 2.24) is 5.32 Å². The number of nitrogens with one attached hydrogen (secondary N) is 1. The molecule has 0 saturated heterocycles. The van der Waals surface area contributed by atoms with Crippen LogP contribution in [0.2, 0.25) is 0 Å². The van der Waals surface area contributed by atoms with E-state index in [1.165, 1.54) is 33.3 Å². The van der Waals surface area contributed by atoms with Crippen molar-refractivity contribution >= 4 is 11.9 Å². The first-order chi connectivity index (χ1) is 9.36. The fourth-order valence-electron chi connectivity index (χ4n) is 1.55. The number of hydrogen-bond donors (Lipinski definition) is 2. The lowest BCUT2D eigenvalue weighted by Gasteiger charge is -2.24. The third-order valence-electron chi connectivity index (χ3n) is 3.18. The topological polar surface area (TPSA) is 84.9 Å². The van der Waals surface area contributed by atoms with Crippen molar-refractivity contribution in [3.8, 4) is 11.5 Å². The van der Waals surface area contributed by atoms with Gasteiger partial charge < -0.3 is 19.9 Å². The first-order valence-corrected chi connectivity index (χ1v) is 6.15. The molecule has 1 aromatic carbocycles. The zero-order valence-corrected chi connectivity index (χ0v) is 12.0. The number of aliphatic carboxylic acids is 1. The summed E-state index contributed by atoms with van der Waals surface area (Å²) in [7, 11) is 2.95. The molecular weight excluding hydrogens is 262 g/mol. The van der Waals surface area contributed by atoms with Crippen molar-refractivity contribution in [2.75, 3.05) is 14.2 Å². The van der Waals surface area contributed by atoms with E-state index in [9.17, 15) is 9.59 Å². The van der Waals surface area contributed by atoms with E-state index >= 15 is 0 Å². The monoisotopic (exact) mass is 281 g/mol. The zero-order chi connectivity index (χ0) is 15.3. The molecule has 20 heavy (non-hydrogen) atoms. The number of carboxylic acids is 1. The lowest BCUT2D eigenvalue weighted by Crippen LogP contribution is -2.51. The van der Waals surface area contributed by atoms with Crippen LogP contribution in [0, 0.1) is 0 Å². The van der Waals surface area contributed by atoms with Crippen LogP contribution in [0.4, 0.5) is 0 Å². The van der Waals surface area contributed by atoms with E-state index in [4.69, 9.17) is 14.6 Å². The maximum absolute atomic E-state index is 12.2. The Hall–Kier alpha value is -2.24. The van der Waals surface area contributed by atoms with Crippen molar-refractivity contribution in [3.63, 3.8) is 0 Å². The quantitative estimate of drug-likeness (QED) is 0.828. The summed E-state index contributed by atoms with van der Waals surface area (Å²) in [4.78, 5) is 23.4. The van der Waals surface area contributed by atoms with Crippen LogP contribution in [-0.4, -0.2) is 36.7 Å². The summed E-state index contributed by atoms with van der Waals surface area (Å²) in [6, 6.07) is 4.68. The molecule has 0 saturated carbocycles. The second-order valence-corrected chi connectivity index (χ2v) is 4.55. The van der Waals surface area contributed by atoms with Crippen LogP contribution in [-0.2, 0) is 4.79 Å². The maximum atomic E-state index is 12.2. The molecule has 0 bridgehead atoms. The van der Waals surface area contributed by atoms with Gasteiger partial charge in [-0.25, -0.2) is 4.79 Å². The highest BCUT2D eigenvalue weighted by Gasteiger charge is 2.33. The lowest BCUT2D eigenvalue weighted by atomic mass is 9.98. The van der Waals surface area contributed by atoms with Gasteiger partial charge >= 0.3 is 5.97 Å². The van der Waals surface area contributed by atoms with Crippen LogP contribution in [0.25, 0.3) is 0 Å². The van der Waals surface area contributed by atoms with Crippen molar-refractivity contribution in [1.29, 1.82) is 0 Å². The van der Waals surface area contributed by atoms with Crippen molar-refractivity contribution in [2.24, 2.45) is 0 Å². The largest absolute Gasteiger partial charge is 0.497 e. The molecule has 0 aliphatic carbocycles. The standard InChI is InChI=1S/C14H19NO5/c1-5-14(2,13(17)18)15-12(16)9-6-10(19-3)8-11(7-9)20-4/h6-8H,5H2,1-4H3,(H,15,16)(H,17,18). The van der Waals surface area contributed by atoms with E-state index in [1.807, 2.05) is 0 Å². The Morgan fingerprint density at radius 2 is 1.70 bits per heavy atom. The summed E-state index contributed by atoms with van der Waals surface area (Å²) in [5.74, 6) is -0.650. The zero-order valence-electron chi connectivity index (χ0n) is 12.0. The molecule has 0 heterocycles. The molecule has 0 fully saturated rings. The van der Waals surface area contributed by atoms with E-state index in [1.54, 1.807) is 13.0 Å². The molecule has 1 atom stereocenters. The molecule has 0 aliphatic heterocycles. The third kappa shape index (κ3) is 3.40. The van der Waals surface area contributed by atoms with E-state index < -0.39 is 17.4 Å². The molecule has 110 valence electrons. The number of methoxy groups -OCH3 is 2. The van der Waals surface area contributed by atoms with Gasteiger partial charge in [0.15, 0.2) is 0 Å². The van der Waals surface area contributed by atoms with Crippen LogP contribution < -0.4 is 14.8 Å². The molecule has 1 aromatic rings. The molecule has 0 radical (unpaired) electrons.